The third-order valence-corrected chi connectivity index (χ3v) is 1.88. The molecule has 0 amide bonds. The lowest BCUT2D eigenvalue weighted by molar-refractivity contribution is 0.156. The number of methoxy groups -OCH3 is 1. The van der Waals surface area contributed by atoms with Crippen molar-refractivity contribution in [2.45, 2.75) is 12.5 Å². The summed E-state index contributed by atoms with van der Waals surface area (Å²) in [5.41, 5.74) is 0.721. The molecule has 72 valence electrons. The highest BCUT2D eigenvalue weighted by Crippen LogP contribution is 2.19. The first kappa shape index (κ1) is 9.99. The van der Waals surface area contributed by atoms with Gasteiger partial charge in [0.25, 0.3) is 0 Å². The second kappa shape index (κ2) is 4.82. The van der Waals surface area contributed by atoms with Gasteiger partial charge in [-0.2, -0.15) is 0 Å². The van der Waals surface area contributed by atoms with Crippen LogP contribution >= 0.6 is 0 Å². The molecule has 0 bridgehead atoms. The van der Waals surface area contributed by atoms with Crippen LogP contribution in [-0.2, 0) is 0 Å². The van der Waals surface area contributed by atoms with Gasteiger partial charge in [-0.1, -0.05) is 12.1 Å². The first-order chi connectivity index (χ1) is 6.27. The van der Waals surface area contributed by atoms with Gasteiger partial charge in [0.1, 0.15) is 5.75 Å². The molecule has 0 saturated heterocycles. The van der Waals surface area contributed by atoms with E-state index in [9.17, 15) is 9.50 Å². The highest BCUT2D eigenvalue weighted by molar-refractivity contribution is 5.28. The van der Waals surface area contributed by atoms with Crippen molar-refractivity contribution in [1.82, 2.24) is 0 Å². The molecule has 0 aliphatic heterocycles. The Morgan fingerprint density at radius 3 is 2.46 bits per heavy atom. The second-order valence-corrected chi connectivity index (χ2v) is 2.77. The molecule has 1 aromatic carbocycles. The van der Waals surface area contributed by atoms with Gasteiger partial charge in [0.05, 0.1) is 19.9 Å². The van der Waals surface area contributed by atoms with Crippen molar-refractivity contribution in [3.63, 3.8) is 0 Å². The number of benzene rings is 1. The third kappa shape index (κ3) is 2.70. The van der Waals surface area contributed by atoms with Crippen molar-refractivity contribution in [2.75, 3.05) is 13.8 Å². The van der Waals surface area contributed by atoms with Crippen molar-refractivity contribution in [3.05, 3.63) is 29.8 Å². The Kier molecular flexibility index (Phi) is 3.71. The standard InChI is InChI=1S/C10H13FO2/c1-13-9-4-2-8(3-5-9)10(12)6-7-11/h2-5,10,12H,6-7H2,1H3. The maximum Gasteiger partial charge on any atom is 0.118 e. The summed E-state index contributed by atoms with van der Waals surface area (Å²) < 4.78 is 16.8. The number of alkyl halides is 1. The van der Waals surface area contributed by atoms with E-state index in [1.54, 1.807) is 31.4 Å². The van der Waals surface area contributed by atoms with E-state index in [0.29, 0.717) is 0 Å². The Morgan fingerprint density at radius 1 is 1.38 bits per heavy atom. The molecule has 1 atom stereocenters. The zero-order valence-electron chi connectivity index (χ0n) is 7.53. The van der Waals surface area contributed by atoms with Crippen LogP contribution in [0.5, 0.6) is 5.75 Å². The first-order valence-corrected chi connectivity index (χ1v) is 4.16. The Labute approximate surface area is 77.0 Å². The second-order valence-electron chi connectivity index (χ2n) is 2.77. The SMILES string of the molecule is COc1ccc(C(O)CCF)cc1. The lowest BCUT2D eigenvalue weighted by atomic mass is 10.1. The van der Waals surface area contributed by atoms with Crippen molar-refractivity contribution in [2.24, 2.45) is 0 Å². The van der Waals surface area contributed by atoms with Gasteiger partial charge >= 0.3 is 0 Å². The van der Waals surface area contributed by atoms with Crippen LogP contribution in [-0.4, -0.2) is 18.9 Å². The van der Waals surface area contributed by atoms with Gasteiger partial charge < -0.3 is 9.84 Å². The molecule has 0 spiro atoms. The quantitative estimate of drug-likeness (QED) is 0.776. The maximum absolute atomic E-state index is 11.9. The minimum absolute atomic E-state index is 0.145. The lowest BCUT2D eigenvalue weighted by Gasteiger charge is -2.08. The van der Waals surface area contributed by atoms with Gasteiger partial charge in [0.15, 0.2) is 0 Å². The predicted octanol–water partition coefficient (Wildman–Crippen LogP) is 2.09. The van der Waals surface area contributed by atoms with Crippen molar-refractivity contribution >= 4 is 0 Å². The fourth-order valence-corrected chi connectivity index (χ4v) is 1.10. The Hall–Kier alpha value is -1.09. The van der Waals surface area contributed by atoms with Gasteiger partial charge in [-0.05, 0) is 17.7 Å². The minimum atomic E-state index is -0.712. The van der Waals surface area contributed by atoms with E-state index in [1.807, 2.05) is 0 Å². The molecule has 0 fully saturated rings. The number of hydrogen-bond acceptors (Lipinski definition) is 2. The summed E-state index contributed by atoms with van der Waals surface area (Å²) in [4.78, 5) is 0. The summed E-state index contributed by atoms with van der Waals surface area (Å²) in [6.07, 6.45) is -0.567. The number of hydrogen-bond donors (Lipinski definition) is 1. The van der Waals surface area contributed by atoms with Crippen molar-refractivity contribution in [3.8, 4) is 5.75 Å². The fraction of sp³-hybridized carbons (Fsp3) is 0.400. The summed E-state index contributed by atoms with van der Waals surface area (Å²) in [6.45, 7) is -0.507. The summed E-state index contributed by atoms with van der Waals surface area (Å²) >= 11 is 0. The van der Waals surface area contributed by atoms with E-state index in [1.165, 1.54) is 0 Å². The van der Waals surface area contributed by atoms with Gasteiger partial charge in [0.2, 0.25) is 0 Å². The van der Waals surface area contributed by atoms with Crippen LogP contribution in [0.25, 0.3) is 0 Å². The fourth-order valence-electron chi connectivity index (χ4n) is 1.10. The average Bonchev–Trinajstić information content (AvgIpc) is 2.18. The normalized spacial score (nSPS) is 12.5. The summed E-state index contributed by atoms with van der Waals surface area (Å²) in [7, 11) is 1.58. The summed E-state index contributed by atoms with van der Waals surface area (Å²) in [6, 6.07) is 6.96. The Morgan fingerprint density at radius 2 is 2.00 bits per heavy atom. The van der Waals surface area contributed by atoms with E-state index >= 15 is 0 Å². The minimum Gasteiger partial charge on any atom is -0.497 e. The number of rotatable bonds is 4. The number of aliphatic hydroxyl groups excluding tert-OH is 1. The molecule has 3 heteroatoms. The van der Waals surface area contributed by atoms with Gasteiger partial charge in [-0.15, -0.1) is 0 Å². The van der Waals surface area contributed by atoms with Gasteiger partial charge in [0, 0.05) is 6.42 Å². The Bertz CT molecular complexity index is 246. The number of aliphatic hydroxyl groups is 1. The maximum atomic E-state index is 11.9. The summed E-state index contributed by atoms with van der Waals surface area (Å²) in [5, 5.41) is 9.40. The van der Waals surface area contributed by atoms with Gasteiger partial charge in [-0.25, -0.2) is 0 Å². The zero-order chi connectivity index (χ0) is 9.68. The van der Waals surface area contributed by atoms with Crippen LogP contribution in [0.15, 0.2) is 24.3 Å². The molecule has 1 unspecified atom stereocenters. The van der Waals surface area contributed by atoms with Crippen LogP contribution < -0.4 is 4.74 Å². The molecule has 2 nitrogen and oxygen atoms in total. The molecular weight excluding hydrogens is 171 g/mol. The zero-order valence-corrected chi connectivity index (χ0v) is 7.53. The van der Waals surface area contributed by atoms with Crippen molar-refractivity contribution < 1.29 is 14.2 Å². The van der Waals surface area contributed by atoms with E-state index in [4.69, 9.17) is 4.74 Å². The highest BCUT2D eigenvalue weighted by Gasteiger charge is 2.06. The van der Waals surface area contributed by atoms with Crippen LogP contribution in [0.2, 0.25) is 0 Å². The van der Waals surface area contributed by atoms with Crippen LogP contribution in [0.3, 0.4) is 0 Å². The Balaban J connectivity index is 2.67. The molecule has 0 aliphatic rings. The molecule has 1 aromatic rings. The van der Waals surface area contributed by atoms with Crippen LogP contribution in [0.1, 0.15) is 18.1 Å². The molecule has 13 heavy (non-hydrogen) atoms. The van der Waals surface area contributed by atoms with E-state index < -0.39 is 12.8 Å². The molecule has 0 heterocycles. The van der Waals surface area contributed by atoms with E-state index in [-0.39, 0.29) is 6.42 Å². The van der Waals surface area contributed by atoms with Gasteiger partial charge in [-0.3, -0.25) is 4.39 Å². The predicted molar refractivity (Wildman–Crippen MR) is 48.5 cm³/mol. The third-order valence-electron chi connectivity index (χ3n) is 1.88. The molecule has 0 aliphatic carbocycles. The smallest absolute Gasteiger partial charge is 0.118 e. The first-order valence-electron chi connectivity index (χ1n) is 4.16. The van der Waals surface area contributed by atoms with Crippen LogP contribution in [0.4, 0.5) is 4.39 Å². The largest absolute Gasteiger partial charge is 0.497 e. The topological polar surface area (TPSA) is 29.5 Å². The molecule has 1 N–H and O–H groups in total. The highest BCUT2D eigenvalue weighted by atomic mass is 19.1. The van der Waals surface area contributed by atoms with E-state index in [0.717, 1.165) is 11.3 Å². The molecule has 0 radical (unpaired) electrons. The molecule has 0 aromatic heterocycles. The van der Waals surface area contributed by atoms with Crippen LogP contribution in [0, 0.1) is 0 Å². The van der Waals surface area contributed by atoms with E-state index in [2.05, 4.69) is 0 Å². The monoisotopic (exact) mass is 184 g/mol. The summed E-state index contributed by atoms with van der Waals surface area (Å²) in [5.74, 6) is 0.733. The average molecular weight is 184 g/mol. The molecule has 1 rings (SSSR count). The van der Waals surface area contributed by atoms with Crippen molar-refractivity contribution in [1.29, 1.82) is 0 Å². The molecule has 0 saturated carbocycles. The molecular formula is C10H13FO2. The number of ether oxygens (including phenoxy) is 1. The lowest BCUT2D eigenvalue weighted by Crippen LogP contribution is -1.98. The number of halogens is 1.